The Balaban J connectivity index is 1.56. The van der Waals surface area contributed by atoms with Gasteiger partial charge in [-0.15, -0.1) is 0 Å². The lowest BCUT2D eigenvalue weighted by atomic mass is 10.2. The summed E-state index contributed by atoms with van der Waals surface area (Å²) in [6, 6.07) is 14.3. The molecular weight excluding hydrogens is 342 g/mol. The van der Waals surface area contributed by atoms with Crippen molar-refractivity contribution in [2.24, 2.45) is 0 Å². The van der Waals surface area contributed by atoms with Crippen molar-refractivity contribution in [2.75, 3.05) is 12.4 Å². The summed E-state index contributed by atoms with van der Waals surface area (Å²) in [4.78, 5) is 16.3. The largest absolute Gasteiger partial charge is 0.497 e. The fourth-order valence-corrected chi connectivity index (χ4v) is 2.34. The number of anilines is 1. The van der Waals surface area contributed by atoms with Gasteiger partial charge in [-0.3, -0.25) is 4.79 Å². The van der Waals surface area contributed by atoms with Crippen molar-refractivity contribution in [3.63, 3.8) is 0 Å². The second-order valence-corrected chi connectivity index (χ2v) is 5.74. The third-order valence-corrected chi connectivity index (χ3v) is 3.74. The lowest BCUT2D eigenvalue weighted by Gasteiger charge is -2.06. The monoisotopic (exact) mass is 357 g/mol. The van der Waals surface area contributed by atoms with E-state index in [9.17, 15) is 4.79 Å². The predicted molar refractivity (Wildman–Crippen MR) is 94.7 cm³/mol. The Morgan fingerprint density at radius 3 is 2.80 bits per heavy atom. The third kappa shape index (κ3) is 4.58. The van der Waals surface area contributed by atoms with E-state index < -0.39 is 0 Å². The molecule has 1 aromatic heterocycles. The first kappa shape index (κ1) is 17.0. The summed E-state index contributed by atoms with van der Waals surface area (Å²) in [5.41, 5.74) is 1.48. The first-order valence-electron chi connectivity index (χ1n) is 7.66. The molecule has 0 aliphatic carbocycles. The van der Waals surface area contributed by atoms with Gasteiger partial charge in [0.15, 0.2) is 0 Å². The second-order valence-electron chi connectivity index (χ2n) is 5.30. The van der Waals surface area contributed by atoms with Gasteiger partial charge in [-0.2, -0.15) is 4.98 Å². The number of carbonyl (C=O) groups excluding carboxylic acids is 1. The molecule has 1 amide bonds. The van der Waals surface area contributed by atoms with Gasteiger partial charge in [0.2, 0.25) is 17.6 Å². The summed E-state index contributed by atoms with van der Waals surface area (Å²) in [6.45, 7) is 0. The van der Waals surface area contributed by atoms with Crippen LogP contribution in [0.15, 0.2) is 53.1 Å². The van der Waals surface area contributed by atoms with E-state index in [4.69, 9.17) is 20.9 Å². The molecule has 0 aliphatic heterocycles. The van der Waals surface area contributed by atoms with Crippen molar-refractivity contribution in [1.82, 2.24) is 10.1 Å². The fourth-order valence-electron chi connectivity index (χ4n) is 2.22. The molecule has 7 heteroatoms. The van der Waals surface area contributed by atoms with Crippen LogP contribution in [-0.2, 0) is 11.2 Å². The number of benzene rings is 2. The maximum Gasteiger partial charge on any atom is 0.227 e. The Labute approximate surface area is 149 Å². The van der Waals surface area contributed by atoms with E-state index in [0.717, 1.165) is 5.56 Å². The molecule has 0 aliphatic rings. The Hall–Kier alpha value is -2.86. The van der Waals surface area contributed by atoms with Crippen LogP contribution in [0.2, 0.25) is 5.02 Å². The molecule has 0 bridgehead atoms. The van der Waals surface area contributed by atoms with E-state index in [-0.39, 0.29) is 12.3 Å². The number of amides is 1. The maximum absolute atomic E-state index is 12.0. The molecule has 3 rings (SSSR count). The van der Waals surface area contributed by atoms with Crippen LogP contribution in [-0.4, -0.2) is 23.2 Å². The van der Waals surface area contributed by atoms with Crippen molar-refractivity contribution in [1.29, 1.82) is 0 Å². The molecule has 6 nitrogen and oxygen atoms in total. The summed E-state index contributed by atoms with van der Waals surface area (Å²) < 4.78 is 10.3. The number of hydrogen-bond acceptors (Lipinski definition) is 5. The first-order valence-corrected chi connectivity index (χ1v) is 8.04. The van der Waals surface area contributed by atoms with Crippen molar-refractivity contribution < 1.29 is 14.1 Å². The molecule has 1 heterocycles. The highest BCUT2D eigenvalue weighted by molar-refractivity contribution is 6.30. The van der Waals surface area contributed by atoms with Crippen LogP contribution in [0.4, 0.5) is 5.69 Å². The topological polar surface area (TPSA) is 77.2 Å². The molecule has 128 valence electrons. The number of rotatable bonds is 6. The molecule has 0 saturated carbocycles. The van der Waals surface area contributed by atoms with E-state index in [1.807, 2.05) is 24.3 Å². The van der Waals surface area contributed by atoms with Gasteiger partial charge in [0.1, 0.15) is 5.75 Å². The SMILES string of the molecule is COc1cccc(NC(=O)CCc2nc(-c3ccc(Cl)cc3)no2)c1. The number of methoxy groups -OCH3 is 1. The van der Waals surface area contributed by atoms with Crippen molar-refractivity contribution in [2.45, 2.75) is 12.8 Å². The van der Waals surface area contributed by atoms with E-state index in [1.165, 1.54) is 0 Å². The van der Waals surface area contributed by atoms with Gasteiger partial charge in [0, 0.05) is 35.2 Å². The molecule has 1 N–H and O–H groups in total. The standard InChI is InChI=1S/C18H16ClN3O3/c1-24-15-4-2-3-14(11-15)20-16(23)9-10-17-21-18(22-25-17)12-5-7-13(19)8-6-12/h2-8,11H,9-10H2,1H3,(H,20,23). The van der Waals surface area contributed by atoms with Crippen LogP contribution in [0.1, 0.15) is 12.3 Å². The molecule has 0 unspecified atom stereocenters. The van der Waals surface area contributed by atoms with Crippen LogP contribution in [0.5, 0.6) is 5.75 Å². The highest BCUT2D eigenvalue weighted by atomic mass is 35.5. The number of ether oxygens (including phenoxy) is 1. The first-order chi connectivity index (χ1) is 12.1. The van der Waals surface area contributed by atoms with Gasteiger partial charge in [-0.1, -0.05) is 22.8 Å². The number of aromatic nitrogens is 2. The quantitative estimate of drug-likeness (QED) is 0.722. The lowest BCUT2D eigenvalue weighted by molar-refractivity contribution is -0.116. The minimum absolute atomic E-state index is 0.139. The van der Waals surface area contributed by atoms with Crippen molar-refractivity contribution in [3.05, 3.63) is 59.4 Å². The van der Waals surface area contributed by atoms with Crippen LogP contribution in [0, 0.1) is 0 Å². The Morgan fingerprint density at radius 2 is 2.04 bits per heavy atom. The summed E-state index contributed by atoms with van der Waals surface area (Å²) in [7, 11) is 1.58. The minimum atomic E-state index is -0.139. The summed E-state index contributed by atoms with van der Waals surface area (Å²) in [5.74, 6) is 1.42. The Kier molecular flexibility index (Phi) is 5.30. The average molecular weight is 358 g/mol. The summed E-state index contributed by atoms with van der Waals surface area (Å²) in [5, 5.41) is 7.37. The summed E-state index contributed by atoms with van der Waals surface area (Å²) in [6.07, 6.45) is 0.593. The molecule has 0 spiro atoms. The minimum Gasteiger partial charge on any atom is -0.497 e. The number of halogens is 1. The maximum atomic E-state index is 12.0. The second kappa shape index (κ2) is 7.81. The molecule has 25 heavy (non-hydrogen) atoms. The Morgan fingerprint density at radius 1 is 1.24 bits per heavy atom. The zero-order valence-electron chi connectivity index (χ0n) is 13.5. The molecule has 2 aromatic carbocycles. The number of hydrogen-bond donors (Lipinski definition) is 1. The normalized spacial score (nSPS) is 10.5. The van der Waals surface area contributed by atoms with Gasteiger partial charge in [-0.25, -0.2) is 0 Å². The number of nitrogens with one attached hydrogen (secondary N) is 1. The number of carbonyl (C=O) groups is 1. The summed E-state index contributed by atoms with van der Waals surface area (Å²) >= 11 is 5.86. The van der Waals surface area contributed by atoms with Gasteiger partial charge < -0.3 is 14.6 Å². The van der Waals surface area contributed by atoms with Crippen molar-refractivity contribution >= 4 is 23.2 Å². The van der Waals surface area contributed by atoms with E-state index in [0.29, 0.717) is 34.6 Å². The number of aryl methyl sites for hydroxylation is 1. The van der Waals surface area contributed by atoms with Gasteiger partial charge in [-0.05, 0) is 36.4 Å². The van der Waals surface area contributed by atoms with Gasteiger partial charge in [0.25, 0.3) is 0 Å². The van der Waals surface area contributed by atoms with E-state index in [1.54, 1.807) is 31.4 Å². The zero-order chi connectivity index (χ0) is 17.6. The molecule has 0 atom stereocenters. The fraction of sp³-hybridized carbons (Fsp3) is 0.167. The number of nitrogens with zero attached hydrogens (tertiary/aromatic N) is 2. The predicted octanol–water partition coefficient (Wildman–Crippen LogP) is 3.97. The zero-order valence-corrected chi connectivity index (χ0v) is 14.3. The lowest BCUT2D eigenvalue weighted by Crippen LogP contribution is -2.12. The van der Waals surface area contributed by atoms with Crippen LogP contribution < -0.4 is 10.1 Å². The van der Waals surface area contributed by atoms with Crippen LogP contribution in [0.25, 0.3) is 11.4 Å². The highest BCUT2D eigenvalue weighted by Crippen LogP contribution is 2.19. The van der Waals surface area contributed by atoms with Crippen molar-refractivity contribution in [3.8, 4) is 17.1 Å². The highest BCUT2D eigenvalue weighted by Gasteiger charge is 2.11. The molecule has 0 saturated heterocycles. The molecule has 0 fully saturated rings. The molecule has 0 radical (unpaired) electrons. The molecular formula is C18H16ClN3O3. The smallest absolute Gasteiger partial charge is 0.227 e. The molecule has 3 aromatic rings. The van der Waals surface area contributed by atoms with E-state index >= 15 is 0 Å². The van der Waals surface area contributed by atoms with E-state index in [2.05, 4.69) is 15.5 Å². The third-order valence-electron chi connectivity index (χ3n) is 3.49. The van der Waals surface area contributed by atoms with Crippen LogP contribution in [0.3, 0.4) is 0 Å². The Bertz CT molecular complexity index is 862. The van der Waals surface area contributed by atoms with Gasteiger partial charge >= 0.3 is 0 Å². The van der Waals surface area contributed by atoms with Gasteiger partial charge in [0.05, 0.1) is 7.11 Å². The van der Waals surface area contributed by atoms with Crippen LogP contribution >= 0.6 is 11.6 Å². The average Bonchev–Trinajstić information content (AvgIpc) is 3.10.